The number of hydrogen-bond acceptors (Lipinski definition) is 6. The minimum Gasteiger partial charge on any atom is -0.478 e. The summed E-state index contributed by atoms with van der Waals surface area (Å²) in [4.78, 5) is 21.9. The van der Waals surface area contributed by atoms with Crippen molar-refractivity contribution < 1.29 is 14.3 Å². The van der Waals surface area contributed by atoms with Crippen molar-refractivity contribution in [3.63, 3.8) is 0 Å². The first kappa shape index (κ1) is 20.2. The van der Waals surface area contributed by atoms with E-state index in [1.807, 2.05) is 73.7 Å². The highest BCUT2D eigenvalue weighted by Gasteiger charge is 2.24. The number of aryl methyl sites for hydroxylation is 1. The van der Waals surface area contributed by atoms with Crippen LogP contribution in [0.4, 0.5) is 0 Å². The number of rotatable bonds is 5. The molecule has 0 fully saturated rings. The summed E-state index contributed by atoms with van der Waals surface area (Å²) in [5.74, 6) is -0.0790. The van der Waals surface area contributed by atoms with Crippen molar-refractivity contribution in [3.8, 4) is 5.75 Å². The van der Waals surface area contributed by atoms with Crippen LogP contribution in [0.2, 0.25) is 0 Å². The van der Waals surface area contributed by atoms with Gasteiger partial charge in [0.1, 0.15) is 17.2 Å². The number of carbonyl (C=O) groups is 1. The van der Waals surface area contributed by atoms with Gasteiger partial charge >= 0.3 is 5.97 Å². The minimum absolute atomic E-state index is 0.332. The third-order valence-corrected chi connectivity index (χ3v) is 6.42. The van der Waals surface area contributed by atoms with Crippen LogP contribution in [0.25, 0.3) is 21.3 Å². The summed E-state index contributed by atoms with van der Waals surface area (Å²) < 4.78 is 12.7. The lowest BCUT2D eigenvalue weighted by Gasteiger charge is -2.22. The number of hydrogen-bond donors (Lipinski definition) is 0. The smallest absolute Gasteiger partial charge is 0.341 e. The molecule has 158 valence electrons. The van der Waals surface area contributed by atoms with Crippen molar-refractivity contribution in [1.29, 1.82) is 0 Å². The molecule has 3 aromatic carbocycles. The molecule has 5 rings (SSSR count). The van der Waals surface area contributed by atoms with Gasteiger partial charge in [0.15, 0.2) is 11.4 Å². The van der Waals surface area contributed by atoms with E-state index in [1.165, 1.54) is 7.11 Å². The number of carbonyl (C=O) groups excluding carboxylic acids is 1. The Kier molecular flexibility index (Phi) is 5.29. The molecule has 0 saturated heterocycles. The summed E-state index contributed by atoms with van der Waals surface area (Å²) in [7, 11) is 1.37. The normalized spacial score (nSPS) is 11.2. The fraction of sp³-hybridized carbons (Fsp3) is 0.115. The number of ether oxygens (including phenoxy) is 2. The van der Waals surface area contributed by atoms with E-state index >= 15 is 0 Å². The van der Waals surface area contributed by atoms with Gasteiger partial charge in [0.2, 0.25) is 0 Å². The molecule has 0 amide bonds. The first-order valence-electron chi connectivity index (χ1n) is 10.2. The van der Waals surface area contributed by atoms with Crippen LogP contribution < -0.4 is 4.74 Å². The minimum atomic E-state index is -0.473. The zero-order valence-electron chi connectivity index (χ0n) is 17.6. The van der Waals surface area contributed by atoms with E-state index in [-0.39, 0.29) is 0 Å². The van der Waals surface area contributed by atoms with Crippen LogP contribution in [-0.2, 0) is 4.74 Å². The molecule has 0 aliphatic carbocycles. The maximum absolute atomic E-state index is 12.7. The van der Waals surface area contributed by atoms with E-state index in [0.29, 0.717) is 22.5 Å². The molecular formula is C26H20N2O3S. The zero-order valence-corrected chi connectivity index (χ0v) is 18.4. The highest BCUT2D eigenvalue weighted by Crippen LogP contribution is 2.38. The van der Waals surface area contributed by atoms with Gasteiger partial charge in [-0.05, 0) is 29.7 Å². The summed E-state index contributed by atoms with van der Waals surface area (Å²) >= 11 is 1.55. The maximum atomic E-state index is 12.7. The van der Waals surface area contributed by atoms with Crippen LogP contribution in [0, 0.1) is 6.92 Å². The Morgan fingerprint density at radius 3 is 2.22 bits per heavy atom. The number of aromatic nitrogens is 2. The van der Waals surface area contributed by atoms with Crippen LogP contribution in [-0.4, -0.2) is 23.0 Å². The Bertz CT molecular complexity index is 1380. The Hall–Kier alpha value is -3.77. The summed E-state index contributed by atoms with van der Waals surface area (Å²) in [5.41, 5.74) is 6.35. The molecule has 5 nitrogen and oxygen atoms in total. The number of fused-ring (bicyclic) bond motifs is 2. The molecule has 0 bridgehead atoms. The molecule has 0 aliphatic heterocycles. The summed E-state index contributed by atoms with van der Waals surface area (Å²) in [6.07, 6.45) is -0.431. The fourth-order valence-corrected chi connectivity index (χ4v) is 4.63. The van der Waals surface area contributed by atoms with Crippen molar-refractivity contribution in [1.82, 2.24) is 9.97 Å². The lowest BCUT2D eigenvalue weighted by Crippen LogP contribution is -2.13. The van der Waals surface area contributed by atoms with Crippen LogP contribution in [0.3, 0.4) is 0 Å². The monoisotopic (exact) mass is 440 g/mol. The van der Waals surface area contributed by atoms with Gasteiger partial charge in [-0.25, -0.2) is 14.8 Å². The van der Waals surface area contributed by atoms with Gasteiger partial charge < -0.3 is 9.47 Å². The second-order valence-corrected chi connectivity index (χ2v) is 8.25. The largest absolute Gasteiger partial charge is 0.478 e. The summed E-state index contributed by atoms with van der Waals surface area (Å²) in [5, 5.41) is 0.921. The average Bonchev–Trinajstić information content (AvgIpc) is 3.32. The van der Waals surface area contributed by atoms with Gasteiger partial charge in [-0.2, -0.15) is 0 Å². The molecule has 5 aromatic rings. The maximum Gasteiger partial charge on any atom is 0.341 e. The molecular weight excluding hydrogens is 420 g/mol. The highest BCUT2D eigenvalue weighted by atomic mass is 32.1. The van der Waals surface area contributed by atoms with Gasteiger partial charge in [-0.15, -0.1) is 11.3 Å². The van der Waals surface area contributed by atoms with Gasteiger partial charge in [0, 0.05) is 5.39 Å². The molecule has 32 heavy (non-hydrogen) atoms. The topological polar surface area (TPSA) is 61.3 Å². The van der Waals surface area contributed by atoms with Crippen molar-refractivity contribution in [2.24, 2.45) is 0 Å². The van der Waals surface area contributed by atoms with Gasteiger partial charge in [-0.1, -0.05) is 66.7 Å². The summed E-state index contributed by atoms with van der Waals surface area (Å²) in [6.45, 7) is 2.04. The van der Waals surface area contributed by atoms with Crippen LogP contribution >= 0.6 is 11.3 Å². The van der Waals surface area contributed by atoms with E-state index in [1.54, 1.807) is 22.9 Å². The third-order valence-electron chi connectivity index (χ3n) is 5.49. The lowest BCUT2D eigenvalue weighted by molar-refractivity contribution is 0.0594. The Morgan fingerprint density at radius 1 is 0.938 bits per heavy atom. The van der Waals surface area contributed by atoms with E-state index in [0.717, 1.165) is 26.8 Å². The standard InChI is InChI=1S/C26H20N2O3S/c1-16-19-13-14-20(26(29)30-2)23(21(19)28-25-24(16)32-15-27-25)31-22(17-9-5-3-6-10-17)18-11-7-4-8-12-18/h3-15,22H,1-2H3. The highest BCUT2D eigenvalue weighted by molar-refractivity contribution is 7.17. The predicted molar refractivity (Wildman–Crippen MR) is 126 cm³/mol. The second-order valence-electron chi connectivity index (χ2n) is 7.39. The van der Waals surface area contributed by atoms with Crippen LogP contribution in [0.5, 0.6) is 5.75 Å². The van der Waals surface area contributed by atoms with Gasteiger partial charge in [-0.3, -0.25) is 0 Å². The molecule has 0 unspecified atom stereocenters. The number of methoxy groups -OCH3 is 1. The number of nitrogens with zero attached hydrogens (tertiary/aromatic N) is 2. The summed E-state index contributed by atoms with van der Waals surface area (Å²) in [6, 6.07) is 23.5. The Balaban J connectivity index is 1.76. The molecule has 0 N–H and O–H groups in total. The van der Waals surface area contributed by atoms with E-state index < -0.39 is 12.1 Å². The lowest BCUT2D eigenvalue weighted by atomic mass is 10.0. The van der Waals surface area contributed by atoms with E-state index in [4.69, 9.17) is 14.5 Å². The first-order valence-corrected chi connectivity index (χ1v) is 11.1. The predicted octanol–water partition coefficient (Wildman–Crippen LogP) is 6.11. The molecule has 0 aliphatic rings. The van der Waals surface area contributed by atoms with Crippen molar-refractivity contribution in [3.05, 3.63) is 101 Å². The number of benzene rings is 3. The van der Waals surface area contributed by atoms with Crippen molar-refractivity contribution in [2.75, 3.05) is 7.11 Å². The molecule has 2 heterocycles. The number of thiazole rings is 1. The van der Waals surface area contributed by atoms with Crippen molar-refractivity contribution >= 4 is 38.6 Å². The van der Waals surface area contributed by atoms with Gasteiger partial charge in [0.25, 0.3) is 0 Å². The van der Waals surface area contributed by atoms with Gasteiger partial charge in [0.05, 0.1) is 17.3 Å². The van der Waals surface area contributed by atoms with Crippen molar-refractivity contribution in [2.45, 2.75) is 13.0 Å². The first-order chi connectivity index (χ1) is 15.7. The van der Waals surface area contributed by atoms with Crippen LogP contribution in [0.1, 0.15) is 33.2 Å². The second kappa shape index (κ2) is 8.40. The fourth-order valence-electron chi connectivity index (χ4n) is 3.88. The molecule has 6 heteroatoms. The molecule has 0 spiro atoms. The third kappa shape index (κ3) is 3.48. The average molecular weight is 441 g/mol. The Morgan fingerprint density at radius 2 is 1.59 bits per heavy atom. The molecule has 2 aromatic heterocycles. The quantitative estimate of drug-likeness (QED) is 0.309. The SMILES string of the molecule is COC(=O)c1ccc2c(C)c3scnc3nc2c1OC(c1ccccc1)c1ccccc1. The van der Waals surface area contributed by atoms with Crippen LogP contribution in [0.15, 0.2) is 78.3 Å². The number of esters is 1. The number of pyridine rings is 1. The van der Waals surface area contributed by atoms with E-state index in [2.05, 4.69) is 4.98 Å². The molecule has 0 atom stereocenters. The molecule has 0 radical (unpaired) electrons. The van der Waals surface area contributed by atoms with E-state index in [9.17, 15) is 4.79 Å². The zero-order chi connectivity index (χ0) is 22.1. The molecule has 0 saturated carbocycles. The Labute approximate surface area is 189 Å².